The first kappa shape index (κ1) is 26.9. The van der Waals surface area contributed by atoms with Crippen LogP contribution in [0.4, 0.5) is 10.2 Å². The molecule has 3 heterocycles. The normalized spacial score (nSPS) is 26.8. The van der Waals surface area contributed by atoms with Crippen LogP contribution in [0.15, 0.2) is 12.7 Å². The third-order valence-electron chi connectivity index (χ3n) is 5.21. The molecule has 0 aromatic carbocycles. The number of hydrogen-bond acceptors (Lipinski definition) is 12. The molecule has 0 aliphatic carbocycles. The van der Waals surface area contributed by atoms with Crippen LogP contribution in [0.5, 0.6) is 0 Å². The molecule has 5 atom stereocenters. The van der Waals surface area contributed by atoms with Gasteiger partial charge in [0.15, 0.2) is 28.4 Å². The van der Waals surface area contributed by atoms with Gasteiger partial charge in [0, 0.05) is 19.7 Å². The van der Waals surface area contributed by atoms with Crippen molar-refractivity contribution in [1.29, 1.82) is 0 Å². The molecule has 3 rings (SSSR count). The quantitative estimate of drug-likeness (QED) is 0.281. The van der Waals surface area contributed by atoms with Crippen LogP contribution in [0.3, 0.4) is 0 Å². The molecule has 2 aromatic heterocycles. The number of thioether (sulfide) groups is 1. The monoisotopic (exact) mass is 522 g/mol. The predicted octanol–water partition coefficient (Wildman–Crippen LogP) is 0.809. The lowest BCUT2D eigenvalue weighted by molar-refractivity contribution is -0.134. The van der Waals surface area contributed by atoms with Gasteiger partial charge in [0.25, 0.3) is 0 Å². The molecule has 2 aromatic rings. The smallest absolute Gasteiger partial charge is 0.387 e. The summed E-state index contributed by atoms with van der Waals surface area (Å²) in [7, 11) is 0.631. The van der Waals surface area contributed by atoms with Crippen LogP contribution >= 0.6 is 19.5 Å². The van der Waals surface area contributed by atoms with Crippen molar-refractivity contribution in [2.45, 2.75) is 31.0 Å². The summed E-state index contributed by atoms with van der Waals surface area (Å²) < 4.78 is 46.5. The molecule has 1 aliphatic rings. The molecule has 0 radical (unpaired) electrons. The molecular weight excluding hydrogens is 494 g/mol. The van der Waals surface area contributed by atoms with Gasteiger partial charge < -0.3 is 20.3 Å². The summed E-state index contributed by atoms with van der Waals surface area (Å²) in [4.78, 5) is 23.5. The van der Waals surface area contributed by atoms with Crippen molar-refractivity contribution in [2.75, 3.05) is 52.1 Å². The molecular formula is C18H28FN6O7PS. The molecule has 34 heavy (non-hydrogen) atoms. The number of anilines is 1. The van der Waals surface area contributed by atoms with E-state index in [0.29, 0.717) is 11.3 Å². The Balaban J connectivity index is 1.80. The summed E-state index contributed by atoms with van der Waals surface area (Å²) in [6, 6.07) is 0. The molecule has 190 valence electrons. The zero-order valence-corrected chi connectivity index (χ0v) is 20.8. The fourth-order valence-corrected chi connectivity index (χ4v) is 5.17. The second-order valence-electron chi connectivity index (χ2n) is 7.70. The minimum atomic E-state index is -3.91. The van der Waals surface area contributed by atoms with E-state index in [9.17, 15) is 24.0 Å². The predicted molar refractivity (Wildman–Crippen MR) is 122 cm³/mol. The molecule has 0 spiro atoms. The number of aliphatic hydroxyl groups excluding tert-OH is 2. The Morgan fingerprint density at radius 1 is 1.38 bits per heavy atom. The molecule has 3 N–H and O–H groups in total. The lowest BCUT2D eigenvalue weighted by Crippen LogP contribution is -2.49. The van der Waals surface area contributed by atoms with Crippen molar-refractivity contribution < 1.29 is 37.7 Å². The standard InChI is InChI=1S/C18H28FN6O7PS/c1-11(26)34-6-5-30-33(29,24(3)4)31-8-18(7-19)14(28)13(27)17(32-18)25-10-23-12-15(20-2)21-9-22-16(12)25/h9-10,13-14,17,27-28H,5-8H2,1-4H3,(H,20,21,22)/t13-,14?,17+,18+,33?/m0/s1. The second kappa shape index (κ2) is 10.9. The van der Waals surface area contributed by atoms with Gasteiger partial charge in [-0.25, -0.2) is 28.6 Å². The van der Waals surface area contributed by atoms with Gasteiger partial charge in [-0.05, 0) is 14.1 Å². The minimum absolute atomic E-state index is 0.0640. The van der Waals surface area contributed by atoms with Gasteiger partial charge in [-0.2, -0.15) is 0 Å². The lowest BCUT2D eigenvalue weighted by Gasteiger charge is -2.32. The first-order valence-corrected chi connectivity index (χ1v) is 12.7. The third-order valence-corrected chi connectivity index (χ3v) is 7.93. The largest absolute Gasteiger partial charge is 0.407 e. The number of ether oxygens (including phenoxy) is 1. The number of alkyl halides is 1. The van der Waals surface area contributed by atoms with Crippen molar-refractivity contribution in [3.63, 3.8) is 0 Å². The number of halogens is 1. The van der Waals surface area contributed by atoms with Crippen LogP contribution in [0.2, 0.25) is 0 Å². The summed E-state index contributed by atoms with van der Waals surface area (Å²) in [6.07, 6.45) is -1.95. The zero-order chi connectivity index (χ0) is 25.1. The topological polar surface area (TPSA) is 161 Å². The minimum Gasteiger partial charge on any atom is -0.387 e. The highest BCUT2D eigenvalue weighted by Gasteiger charge is 2.56. The molecule has 1 saturated heterocycles. The number of nitrogens with one attached hydrogen (secondary N) is 1. The van der Waals surface area contributed by atoms with E-state index in [1.165, 1.54) is 42.9 Å². The first-order chi connectivity index (χ1) is 16.1. The summed E-state index contributed by atoms with van der Waals surface area (Å²) in [6.45, 7) is -0.603. The van der Waals surface area contributed by atoms with Gasteiger partial charge in [0.05, 0.1) is 19.5 Å². The average molecular weight is 522 g/mol. The Morgan fingerprint density at radius 2 is 2.12 bits per heavy atom. The highest BCUT2D eigenvalue weighted by molar-refractivity contribution is 8.13. The summed E-state index contributed by atoms with van der Waals surface area (Å²) in [5.41, 5.74) is -1.36. The number of aliphatic hydroxyl groups is 2. The number of rotatable bonds is 11. The van der Waals surface area contributed by atoms with Crippen LogP contribution < -0.4 is 5.32 Å². The van der Waals surface area contributed by atoms with E-state index >= 15 is 0 Å². The van der Waals surface area contributed by atoms with Crippen molar-refractivity contribution >= 4 is 41.6 Å². The van der Waals surface area contributed by atoms with Gasteiger partial charge in [-0.1, -0.05) is 11.8 Å². The molecule has 2 unspecified atom stereocenters. The SMILES string of the molecule is CNc1ncnc2c1ncn2[C@@H]1O[C@](CF)(COP(=O)(OCCSC(C)=O)N(C)C)C(O)[C@@H]1O. The van der Waals surface area contributed by atoms with E-state index < -0.39 is 45.1 Å². The van der Waals surface area contributed by atoms with Crippen LogP contribution in [-0.2, 0) is 23.1 Å². The van der Waals surface area contributed by atoms with Crippen molar-refractivity contribution in [3.05, 3.63) is 12.7 Å². The van der Waals surface area contributed by atoms with E-state index in [1.807, 2.05) is 0 Å². The van der Waals surface area contributed by atoms with Crippen molar-refractivity contribution in [3.8, 4) is 0 Å². The average Bonchev–Trinajstić information content (AvgIpc) is 3.35. The van der Waals surface area contributed by atoms with Crippen LogP contribution in [-0.4, -0.2) is 104 Å². The zero-order valence-electron chi connectivity index (χ0n) is 19.1. The number of nitrogens with zero attached hydrogens (tertiary/aromatic N) is 5. The molecule has 16 heteroatoms. The second-order valence-corrected chi connectivity index (χ2v) is 11.2. The van der Waals surface area contributed by atoms with E-state index in [-0.39, 0.29) is 23.1 Å². The summed E-state index contributed by atoms with van der Waals surface area (Å²) in [5.74, 6) is 0.679. The number of carbonyl (C=O) groups excluding carboxylic acids is 1. The number of carbonyl (C=O) groups is 1. The molecule has 13 nitrogen and oxygen atoms in total. The Morgan fingerprint density at radius 3 is 2.74 bits per heavy atom. The molecule has 1 fully saturated rings. The van der Waals surface area contributed by atoms with Gasteiger partial charge in [-0.3, -0.25) is 18.4 Å². The van der Waals surface area contributed by atoms with Gasteiger partial charge in [0.1, 0.15) is 30.7 Å². The summed E-state index contributed by atoms with van der Waals surface area (Å²) in [5, 5.41) is 24.1. The van der Waals surface area contributed by atoms with Gasteiger partial charge >= 0.3 is 7.75 Å². The Hall–Kier alpha value is -1.71. The Kier molecular flexibility index (Phi) is 8.63. The number of fused-ring (bicyclic) bond motifs is 1. The van der Waals surface area contributed by atoms with Crippen molar-refractivity contribution in [1.82, 2.24) is 24.2 Å². The number of hydrogen-bond donors (Lipinski definition) is 3. The molecule has 0 saturated carbocycles. The molecule has 1 aliphatic heterocycles. The summed E-state index contributed by atoms with van der Waals surface area (Å²) >= 11 is 0.993. The Labute approximate surface area is 199 Å². The number of aromatic nitrogens is 4. The van der Waals surface area contributed by atoms with Crippen LogP contribution in [0.25, 0.3) is 11.2 Å². The Bertz CT molecular complexity index is 1060. The van der Waals surface area contributed by atoms with Crippen LogP contribution in [0.1, 0.15) is 13.2 Å². The maximum atomic E-state index is 14.3. The van der Waals surface area contributed by atoms with E-state index in [4.69, 9.17) is 13.8 Å². The van der Waals surface area contributed by atoms with E-state index in [1.54, 1.807) is 7.05 Å². The van der Waals surface area contributed by atoms with Gasteiger partial charge in [0.2, 0.25) is 0 Å². The fourth-order valence-electron chi connectivity index (χ4n) is 3.36. The lowest BCUT2D eigenvalue weighted by atomic mass is 9.98. The van der Waals surface area contributed by atoms with E-state index in [0.717, 1.165) is 11.8 Å². The molecule has 0 bridgehead atoms. The fraction of sp³-hybridized carbons (Fsp3) is 0.667. The first-order valence-electron chi connectivity index (χ1n) is 10.2. The highest BCUT2D eigenvalue weighted by atomic mass is 32.2. The highest BCUT2D eigenvalue weighted by Crippen LogP contribution is 2.52. The van der Waals surface area contributed by atoms with Crippen molar-refractivity contribution in [2.24, 2.45) is 0 Å². The van der Waals surface area contributed by atoms with Crippen LogP contribution in [0, 0.1) is 0 Å². The maximum absolute atomic E-state index is 14.3. The van der Waals surface area contributed by atoms with Gasteiger partial charge in [-0.15, -0.1) is 0 Å². The third kappa shape index (κ3) is 5.26. The number of imidazole rings is 1. The molecule has 0 amide bonds. The maximum Gasteiger partial charge on any atom is 0.407 e. The van der Waals surface area contributed by atoms with E-state index in [2.05, 4.69) is 20.3 Å².